The summed E-state index contributed by atoms with van der Waals surface area (Å²) in [4.78, 5) is 11.6. The van der Waals surface area contributed by atoms with Crippen LogP contribution >= 0.6 is 0 Å². The van der Waals surface area contributed by atoms with Gasteiger partial charge in [0.15, 0.2) is 5.60 Å². The molecule has 2 heterocycles. The van der Waals surface area contributed by atoms with Gasteiger partial charge in [0.05, 0.1) is 19.6 Å². The van der Waals surface area contributed by atoms with Gasteiger partial charge in [-0.05, 0) is 6.07 Å². The van der Waals surface area contributed by atoms with Gasteiger partial charge in [-0.1, -0.05) is 18.2 Å². The third-order valence-corrected chi connectivity index (χ3v) is 3.14. The summed E-state index contributed by atoms with van der Waals surface area (Å²) < 4.78 is 16.2. The van der Waals surface area contributed by atoms with Crippen LogP contribution in [-0.4, -0.2) is 19.7 Å². The molecule has 2 aliphatic heterocycles. The monoisotopic (exact) mass is 232 g/mol. The second-order valence-corrected chi connectivity index (χ2v) is 4.19. The SMILES string of the molecule is COC1=CC(=O)OC2(COc3ccccc32)C1. The lowest BCUT2D eigenvalue weighted by atomic mass is 9.90. The highest BCUT2D eigenvalue weighted by atomic mass is 16.6. The minimum Gasteiger partial charge on any atom is -0.501 e. The highest BCUT2D eigenvalue weighted by Crippen LogP contribution is 2.45. The van der Waals surface area contributed by atoms with Crippen molar-refractivity contribution >= 4 is 5.97 Å². The van der Waals surface area contributed by atoms with Gasteiger partial charge in [0.1, 0.15) is 18.1 Å². The average Bonchev–Trinajstić information content (AvgIpc) is 2.68. The molecule has 0 aromatic heterocycles. The van der Waals surface area contributed by atoms with Gasteiger partial charge < -0.3 is 14.2 Å². The van der Waals surface area contributed by atoms with Crippen molar-refractivity contribution < 1.29 is 19.0 Å². The summed E-state index contributed by atoms with van der Waals surface area (Å²) in [6.07, 6.45) is 1.90. The van der Waals surface area contributed by atoms with Crippen molar-refractivity contribution in [3.05, 3.63) is 41.7 Å². The van der Waals surface area contributed by atoms with Crippen molar-refractivity contribution in [3.8, 4) is 5.75 Å². The summed E-state index contributed by atoms with van der Waals surface area (Å²) in [5.74, 6) is 1.02. The van der Waals surface area contributed by atoms with Crippen molar-refractivity contribution in [2.75, 3.05) is 13.7 Å². The number of esters is 1. The number of hydrogen-bond donors (Lipinski definition) is 0. The van der Waals surface area contributed by atoms with Gasteiger partial charge in [0.25, 0.3) is 0 Å². The second-order valence-electron chi connectivity index (χ2n) is 4.19. The van der Waals surface area contributed by atoms with Gasteiger partial charge in [-0.25, -0.2) is 4.79 Å². The zero-order chi connectivity index (χ0) is 11.9. The van der Waals surface area contributed by atoms with E-state index in [1.165, 1.54) is 6.08 Å². The molecule has 0 bridgehead atoms. The van der Waals surface area contributed by atoms with E-state index < -0.39 is 5.60 Å². The molecular formula is C13H12O4. The topological polar surface area (TPSA) is 44.8 Å². The lowest BCUT2D eigenvalue weighted by molar-refractivity contribution is -0.159. The summed E-state index contributed by atoms with van der Waals surface area (Å²) >= 11 is 0. The largest absolute Gasteiger partial charge is 0.501 e. The third kappa shape index (κ3) is 1.48. The Morgan fingerprint density at radius 3 is 3.00 bits per heavy atom. The smallest absolute Gasteiger partial charge is 0.335 e. The minimum absolute atomic E-state index is 0.346. The van der Waals surface area contributed by atoms with Gasteiger partial charge in [-0.2, -0.15) is 0 Å². The Labute approximate surface area is 98.8 Å². The number of hydrogen-bond acceptors (Lipinski definition) is 4. The second kappa shape index (κ2) is 3.52. The molecule has 3 rings (SSSR count). The van der Waals surface area contributed by atoms with Crippen molar-refractivity contribution in [1.82, 2.24) is 0 Å². The summed E-state index contributed by atoms with van der Waals surface area (Å²) in [6, 6.07) is 7.61. The fraction of sp³-hybridized carbons (Fsp3) is 0.308. The lowest BCUT2D eigenvalue weighted by Gasteiger charge is -2.31. The number of benzene rings is 1. The molecule has 0 N–H and O–H groups in total. The molecular weight excluding hydrogens is 220 g/mol. The molecule has 1 aromatic rings. The highest BCUT2D eigenvalue weighted by molar-refractivity contribution is 5.84. The minimum atomic E-state index is -0.715. The summed E-state index contributed by atoms with van der Waals surface area (Å²) in [6.45, 7) is 0.346. The predicted molar refractivity (Wildman–Crippen MR) is 59.4 cm³/mol. The first-order chi connectivity index (χ1) is 8.23. The molecule has 0 saturated heterocycles. The van der Waals surface area contributed by atoms with Crippen molar-refractivity contribution in [1.29, 1.82) is 0 Å². The summed E-state index contributed by atoms with van der Waals surface area (Å²) in [7, 11) is 1.56. The Kier molecular flexibility index (Phi) is 2.11. The van der Waals surface area contributed by atoms with E-state index in [-0.39, 0.29) is 5.97 Å². The Balaban J connectivity index is 2.05. The molecule has 1 aromatic carbocycles. The van der Waals surface area contributed by atoms with Crippen LogP contribution in [0.5, 0.6) is 5.75 Å². The fourth-order valence-electron chi connectivity index (χ4n) is 2.32. The number of ether oxygens (including phenoxy) is 3. The van der Waals surface area contributed by atoms with E-state index in [2.05, 4.69) is 0 Å². The number of para-hydroxylation sites is 1. The van der Waals surface area contributed by atoms with Crippen molar-refractivity contribution in [2.45, 2.75) is 12.0 Å². The quantitative estimate of drug-likeness (QED) is 0.692. The van der Waals surface area contributed by atoms with Crippen LogP contribution in [-0.2, 0) is 19.9 Å². The van der Waals surface area contributed by atoms with Crippen LogP contribution in [0.4, 0.5) is 0 Å². The standard InChI is InChI=1S/C13H12O4/c1-15-9-6-12(14)17-13(7-9)8-16-11-5-3-2-4-10(11)13/h2-6H,7-8H2,1H3. The van der Waals surface area contributed by atoms with Crippen LogP contribution in [0.15, 0.2) is 36.1 Å². The molecule has 2 aliphatic rings. The average molecular weight is 232 g/mol. The Bertz CT molecular complexity index is 506. The molecule has 88 valence electrons. The molecule has 0 radical (unpaired) electrons. The van der Waals surface area contributed by atoms with Crippen molar-refractivity contribution in [3.63, 3.8) is 0 Å². The van der Waals surface area contributed by atoms with E-state index in [0.717, 1.165) is 11.3 Å². The van der Waals surface area contributed by atoms with E-state index >= 15 is 0 Å². The Morgan fingerprint density at radius 1 is 1.35 bits per heavy atom. The molecule has 0 amide bonds. The number of rotatable bonds is 1. The van der Waals surface area contributed by atoms with E-state index in [4.69, 9.17) is 14.2 Å². The van der Waals surface area contributed by atoms with Crippen LogP contribution in [0, 0.1) is 0 Å². The van der Waals surface area contributed by atoms with E-state index in [0.29, 0.717) is 18.8 Å². The van der Waals surface area contributed by atoms with Gasteiger partial charge in [-0.15, -0.1) is 0 Å². The normalized spacial score (nSPS) is 25.9. The molecule has 4 heteroatoms. The fourth-order valence-corrected chi connectivity index (χ4v) is 2.32. The van der Waals surface area contributed by atoms with Gasteiger partial charge >= 0.3 is 5.97 Å². The van der Waals surface area contributed by atoms with Crippen LogP contribution in [0.3, 0.4) is 0 Å². The number of fused-ring (bicyclic) bond motifs is 2. The molecule has 1 unspecified atom stereocenters. The van der Waals surface area contributed by atoms with E-state index in [9.17, 15) is 4.79 Å². The maximum atomic E-state index is 11.6. The van der Waals surface area contributed by atoms with Gasteiger partial charge in [0.2, 0.25) is 0 Å². The first-order valence-electron chi connectivity index (χ1n) is 5.43. The molecule has 1 atom stereocenters. The number of carbonyl (C=O) groups is 1. The molecule has 0 saturated carbocycles. The molecule has 1 spiro atoms. The van der Waals surface area contributed by atoms with E-state index in [1.54, 1.807) is 7.11 Å². The molecule has 0 aliphatic carbocycles. The lowest BCUT2D eigenvalue weighted by Crippen LogP contribution is -2.37. The van der Waals surface area contributed by atoms with Crippen LogP contribution < -0.4 is 4.74 Å². The van der Waals surface area contributed by atoms with Gasteiger partial charge in [0, 0.05) is 5.56 Å². The van der Waals surface area contributed by atoms with E-state index in [1.807, 2.05) is 24.3 Å². The molecule has 17 heavy (non-hydrogen) atoms. The maximum Gasteiger partial charge on any atom is 0.335 e. The summed E-state index contributed by atoms with van der Waals surface area (Å²) in [5, 5.41) is 0. The molecule has 4 nitrogen and oxygen atoms in total. The van der Waals surface area contributed by atoms with Crippen LogP contribution in [0.1, 0.15) is 12.0 Å². The number of carbonyl (C=O) groups excluding carboxylic acids is 1. The number of methoxy groups -OCH3 is 1. The van der Waals surface area contributed by atoms with Gasteiger partial charge in [-0.3, -0.25) is 0 Å². The van der Waals surface area contributed by atoms with Crippen molar-refractivity contribution in [2.24, 2.45) is 0 Å². The van der Waals surface area contributed by atoms with Crippen LogP contribution in [0.25, 0.3) is 0 Å². The third-order valence-electron chi connectivity index (χ3n) is 3.14. The summed E-state index contributed by atoms with van der Waals surface area (Å²) in [5.41, 5.74) is 0.198. The predicted octanol–water partition coefficient (Wildman–Crippen LogP) is 1.75. The zero-order valence-electron chi connectivity index (χ0n) is 9.43. The first-order valence-corrected chi connectivity index (χ1v) is 5.43. The zero-order valence-corrected chi connectivity index (χ0v) is 9.43. The molecule has 0 fully saturated rings. The van der Waals surface area contributed by atoms with Crippen LogP contribution in [0.2, 0.25) is 0 Å². The Hall–Kier alpha value is -1.97. The first kappa shape index (κ1) is 10.2. The highest BCUT2D eigenvalue weighted by Gasteiger charge is 2.47. The Morgan fingerprint density at radius 2 is 2.18 bits per heavy atom. The maximum absolute atomic E-state index is 11.6.